The summed E-state index contributed by atoms with van der Waals surface area (Å²) in [6, 6.07) is 11.0. The van der Waals surface area contributed by atoms with Crippen LogP contribution >= 0.6 is 0 Å². The molecule has 116 valence electrons. The highest BCUT2D eigenvalue weighted by molar-refractivity contribution is 5.65. The molecule has 0 saturated heterocycles. The first-order chi connectivity index (χ1) is 11.2. The number of nitrogens with zero attached hydrogens (tertiary/aromatic N) is 3. The van der Waals surface area contributed by atoms with Crippen LogP contribution in [0.2, 0.25) is 0 Å². The summed E-state index contributed by atoms with van der Waals surface area (Å²) in [4.78, 5) is 12.7. The highest BCUT2D eigenvalue weighted by Gasteiger charge is 2.11. The fourth-order valence-corrected chi connectivity index (χ4v) is 2.01. The number of benzene rings is 1. The summed E-state index contributed by atoms with van der Waals surface area (Å²) in [7, 11) is 1.67. The van der Waals surface area contributed by atoms with Crippen molar-refractivity contribution in [1.29, 1.82) is 0 Å². The Morgan fingerprint density at radius 3 is 2.57 bits per heavy atom. The Labute approximate surface area is 131 Å². The molecule has 5 nitrogen and oxygen atoms in total. The molecule has 7 heteroatoms. The number of nitrogens with one attached hydrogen (secondary N) is 2. The molecule has 0 fully saturated rings. The Kier molecular flexibility index (Phi) is 4.09. The van der Waals surface area contributed by atoms with Crippen LogP contribution in [0.4, 0.5) is 26.2 Å². The monoisotopic (exact) mass is 313 g/mol. The van der Waals surface area contributed by atoms with Gasteiger partial charge in [0.1, 0.15) is 5.82 Å². The smallest absolute Gasteiger partial charge is 0.225 e. The van der Waals surface area contributed by atoms with Gasteiger partial charge in [-0.25, -0.2) is 13.8 Å². The SMILES string of the molecule is CNc1nc(Nc2cccc(F)c2F)cc(-c2ccccn2)n1. The minimum atomic E-state index is -0.962. The second-order valence-electron chi connectivity index (χ2n) is 4.65. The molecule has 2 N–H and O–H groups in total. The standard InChI is InChI=1S/C16H13F2N5/c1-19-16-22-13(11-6-2-3-8-20-11)9-14(23-16)21-12-7-4-5-10(17)15(12)18/h2-9H,1H3,(H2,19,21,22,23). The molecule has 0 aliphatic heterocycles. The van der Waals surface area contributed by atoms with E-state index < -0.39 is 11.6 Å². The summed E-state index contributed by atoms with van der Waals surface area (Å²) in [5.41, 5.74) is 1.20. The number of anilines is 3. The molecule has 2 heterocycles. The molecule has 0 atom stereocenters. The van der Waals surface area contributed by atoms with Crippen molar-refractivity contribution < 1.29 is 8.78 Å². The second-order valence-corrected chi connectivity index (χ2v) is 4.65. The Morgan fingerprint density at radius 1 is 0.957 bits per heavy atom. The molecule has 0 amide bonds. The molecule has 1 aromatic carbocycles. The van der Waals surface area contributed by atoms with Crippen LogP contribution in [0, 0.1) is 11.6 Å². The molecule has 2 aromatic heterocycles. The third kappa shape index (κ3) is 3.23. The van der Waals surface area contributed by atoms with E-state index in [0.717, 1.165) is 6.07 Å². The quantitative estimate of drug-likeness (QED) is 0.770. The highest BCUT2D eigenvalue weighted by Crippen LogP contribution is 2.24. The van der Waals surface area contributed by atoms with Crippen LogP contribution in [-0.4, -0.2) is 22.0 Å². The third-order valence-corrected chi connectivity index (χ3v) is 3.09. The zero-order valence-corrected chi connectivity index (χ0v) is 12.2. The van der Waals surface area contributed by atoms with E-state index in [-0.39, 0.29) is 5.69 Å². The zero-order chi connectivity index (χ0) is 16.2. The van der Waals surface area contributed by atoms with E-state index in [1.165, 1.54) is 12.1 Å². The van der Waals surface area contributed by atoms with Gasteiger partial charge in [-0.05, 0) is 24.3 Å². The molecule has 3 aromatic rings. The summed E-state index contributed by atoms with van der Waals surface area (Å²) in [6.07, 6.45) is 1.65. The molecule has 23 heavy (non-hydrogen) atoms. The van der Waals surface area contributed by atoms with Crippen molar-refractivity contribution in [1.82, 2.24) is 15.0 Å². The van der Waals surface area contributed by atoms with Crippen LogP contribution in [-0.2, 0) is 0 Å². The fraction of sp³-hybridized carbons (Fsp3) is 0.0625. The van der Waals surface area contributed by atoms with Gasteiger partial charge in [0.05, 0.1) is 17.1 Å². The summed E-state index contributed by atoms with van der Waals surface area (Å²) in [6.45, 7) is 0. The maximum atomic E-state index is 13.8. The average molecular weight is 313 g/mol. The summed E-state index contributed by atoms with van der Waals surface area (Å²) in [5.74, 6) is -1.22. The predicted octanol–water partition coefficient (Wildman–Crippen LogP) is 3.60. The van der Waals surface area contributed by atoms with E-state index >= 15 is 0 Å². The van der Waals surface area contributed by atoms with Gasteiger partial charge in [-0.15, -0.1) is 0 Å². The van der Waals surface area contributed by atoms with E-state index in [4.69, 9.17) is 0 Å². The van der Waals surface area contributed by atoms with Crippen LogP contribution in [0.5, 0.6) is 0 Å². The molecule has 0 radical (unpaired) electrons. The van der Waals surface area contributed by atoms with Crippen LogP contribution in [0.1, 0.15) is 0 Å². The molecule has 0 bridgehead atoms. The lowest BCUT2D eigenvalue weighted by Gasteiger charge is -2.10. The van der Waals surface area contributed by atoms with Crippen LogP contribution in [0.25, 0.3) is 11.4 Å². The number of hydrogen-bond donors (Lipinski definition) is 2. The minimum absolute atomic E-state index is 0.00211. The fourth-order valence-electron chi connectivity index (χ4n) is 2.01. The van der Waals surface area contributed by atoms with Crippen molar-refractivity contribution >= 4 is 17.5 Å². The number of aromatic nitrogens is 3. The average Bonchev–Trinajstić information content (AvgIpc) is 2.59. The summed E-state index contributed by atoms with van der Waals surface area (Å²) in [5, 5.41) is 5.60. The van der Waals surface area contributed by atoms with Gasteiger partial charge in [0.25, 0.3) is 0 Å². The second kappa shape index (κ2) is 6.35. The Hall–Kier alpha value is -3.09. The van der Waals surface area contributed by atoms with Crippen LogP contribution in [0.3, 0.4) is 0 Å². The maximum absolute atomic E-state index is 13.8. The Morgan fingerprint density at radius 2 is 1.83 bits per heavy atom. The first kappa shape index (κ1) is 14.8. The molecular formula is C16H13F2N5. The van der Waals surface area contributed by atoms with Gasteiger partial charge in [0, 0.05) is 19.3 Å². The molecule has 0 saturated carbocycles. The van der Waals surface area contributed by atoms with Gasteiger partial charge < -0.3 is 10.6 Å². The van der Waals surface area contributed by atoms with Gasteiger partial charge in [-0.1, -0.05) is 12.1 Å². The molecule has 3 rings (SSSR count). The normalized spacial score (nSPS) is 10.4. The molecule has 0 spiro atoms. The van der Waals surface area contributed by atoms with Gasteiger partial charge in [-0.3, -0.25) is 4.98 Å². The van der Waals surface area contributed by atoms with Crippen molar-refractivity contribution in [3.05, 3.63) is 60.3 Å². The van der Waals surface area contributed by atoms with Crippen molar-refractivity contribution in [3.8, 4) is 11.4 Å². The lowest BCUT2D eigenvalue weighted by Crippen LogP contribution is -2.04. The lowest BCUT2D eigenvalue weighted by atomic mass is 10.2. The summed E-state index contributed by atoms with van der Waals surface area (Å²) >= 11 is 0. The minimum Gasteiger partial charge on any atom is -0.357 e. The van der Waals surface area contributed by atoms with Crippen molar-refractivity contribution in [2.45, 2.75) is 0 Å². The topological polar surface area (TPSA) is 62.7 Å². The molecule has 0 aliphatic carbocycles. The first-order valence-electron chi connectivity index (χ1n) is 6.86. The largest absolute Gasteiger partial charge is 0.357 e. The maximum Gasteiger partial charge on any atom is 0.225 e. The highest BCUT2D eigenvalue weighted by atomic mass is 19.2. The van der Waals surface area contributed by atoms with Crippen molar-refractivity contribution in [2.75, 3.05) is 17.7 Å². The first-order valence-corrected chi connectivity index (χ1v) is 6.86. The Bertz CT molecular complexity index is 824. The Balaban J connectivity index is 2.01. The van der Waals surface area contributed by atoms with Crippen LogP contribution in [0.15, 0.2) is 48.7 Å². The van der Waals surface area contributed by atoms with Crippen LogP contribution < -0.4 is 10.6 Å². The lowest BCUT2D eigenvalue weighted by molar-refractivity contribution is 0.511. The van der Waals surface area contributed by atoms with Gasteiger partial charge >= 0.3 is 0 Å². The summed E-state index contributed by atoms with van der Waals surface area (Å²) < 4.78 is 27.1. The van der Waals surface area contributed by atoms with E-state index in [1.54, 1.807) is 31.4 Å². The number of halogens is 2. The number of rotatable bonds is 4. The van der Waals surface area contributed by atoms with Gasteiger partial charge in [0.15, 0.2) is 11.6 Å². The van der Waals surface area contributed by atoms with E-state index in [2.05, 4.69) is 25.6 Å². The molecule has 0 aliphatic rings. The number of hydrogen-bond acceptors (Lipinski definition) is 5. The zero-order valence-electron chi connectivity index (χ0n) is 12.2. The van der Waals surface area contributed by atoms with Gasteiger partial charge in [-0.2, -0.15) is 4.98 Å². The third-order valence-electron chi connectivity index (χ3n) is 3.09. The number of pyridine rings is 1. The van der Waals surface area contributed by atoms with Crippen molar-refractivity contribution in [2.24, 2.45) is 0 Å². The van der Waals surface area contributed by atoms with E-state index in [1.807, 2.05) is 6.07 Å². The van der Waals surface area contributed by atoms with E-state index in [0.29, 0.717) is 23.2 Å². The molecule has 0 unspecified atom stereocenters. The van der Waals surface area contributed by atoms with E-state index in [9.17, 15) is 8.78 Å². The van der Waals surface area contributed by atoms with Crippen molar-refractivity contribution in [3.63, 3.8) is 0 Å². The van der Waals surface area contributed by atoms with Gasteiger partial charge in [0.2, 0.25) is 5.95 Å². The predicted molar refractivity (Wildman–Crippen MR) is 84.5 cm³/mol. The molecular weight excluding hydrogens is 300 g/mol.